The van der Waals surface area contributed by atoms with Crippen molar-refractivity contribution < 1.29 is 69.8 Å². The Morgan fingerprint density at radius 1 is 0.826 bits per heavy atom. The second kappa shape index (κ2) is 107. The van der Waals surface area contributed by atoms with Crippen LogP contribution in [-0.2, 0) is 37.8 Å². The van der Waals surface area contributed by atoms with Gasteiger partial charge in [-0.2, -0.15) is 0 Å². The number of unbranched alkanes of at least 4 members (excludes halogenated alkanes) is 2. The maximum absolute atomic E-state index is 9.87. The molecule has 0 aliphatic rings. The Labute approximate surface area is 169 Å². The van der Waals surface area contributed by atoms with E-state index in [1.165, 1.54) is 0 Å². The maximum atomic E-state index is 9.87. The second-order valence-electron chi connectivity index (χ2n) is 1.94. The van der Waals surface area contributed by atoms with Crippen molar-refractivity contribution in [1.82, 2.24) is 0 Å². The number of carboxylic acid groups (broad SMARTS) is 1. The van der Waals surface area contributed by atoms with Crippen LogP contribution in [0.5, 0.6) is 0 Å². The molecule has 0 aliphatic carbocycles. The van der Waals surface area contributed by atoms with Gasteiger partial charge in [0.15, 0.2) is 0 Å². The molecule has 0 atom stereocenters. The quantitative estimate of drug-likeness (QED) is 0.205. The summed E-state index contributed by atoms with van der Waals surface area (Å²) in [6.07, 6.45) is 3.28. The molecule has 0 radical (unpaired) electrons. The fourth-order valence-electron chi connectivity index (χ4n) is 0.526. The van der Waals surface area contributed by atoms with Crippen molar-refractivity contribution in [3.8, 4) is 0 Å². The van der Waals surface area contributed by atoms with E-state index >= 15 is 0 Å². The molecule has 0 saturated carbocycles. The van der Waals surface area contributed by atoms with Crippen LogP contribution in [0.25, 0.3) is 24.6 Å². The predicted octanol–water partition coefficient (Wildman–Crippen LogP) is 4.82. The first-order valence-electron chi connectivity index (χ1n) is 3.67. The van der Waals surface area contributed by atoms with Crippen molar-refractivity contribution in [2.75, 3.05) is 0 Å². The molecule has 0 fully saturated rings. The van der Waals surface area contributed by atoms with E-state index < -0.39 is 38.9 Å². The minimum atomic E-state index is -0.682. The van der Waals surface area contributed by atoms with Crippen LogP contribution in [0.2, 0.25) is 0 Å². The summed E-state index contributed by atoms with van der Waals surface area (Å²) in [6, 6.07) is 0. The van der Waals surface area contributed by atoms with Crippen LogP contribution in [0.4, 0.5) is 0 Å². The van der Waals surface area contributed by atoms with Crippen LogP contribution < -0.4 is 0 Å². The number of hydrogen-bond donors (Lipinski definition) is 3. The van der Waals surface area contributed by atoms with Crippen molar-refractivity contribution >= 4 is 43.6 Å². The molecule has 0 spiro atoms. The molecule has 162 valence electrons. The minimum Gasteiger partial charge on any atom is -0.693 e. The van der Waals surface area contributed by atoms with E-state index in [0.29, 0.717) is 6.42 Å². The van der Waals surface area contributed by atoms with Gasteiger partial charge in [-0.25, -0.2) is 0 Å². The van der Waals surface area contributed by atoms with Gasteiger partial charge < -0.3 is 46.1 Å². The van der Waals surface area contributed by atoms with E-state index in [-0.39, 0.29) is 41.0 Å². The molecule has 23 heavy (non-hydrogen) atoms. The van der Waals surface area contributed by atoms with E-state index in [9.17, 15) is 4.79 Å². The molecule has 17 heteroatoms. The number of halogens is 4. The molecule has 11 nitrogen and oxygen atoms in total. The summed E-state index contributed by atoms with van der Waals surface area (Å²) in [5.41, 5.74) is 0. The molecular formula is C6H28Cl4N4O7Pt2. The zero-order valence-electron chi connectivity index (χ0n) is 12.0. The van der Waals surface area contributed by atoms with Crippen LogP contribution in [0.1, 0.15) is 32.6 Å². The first-order valence-corrected chi connectivity index (χ1v) is 14.9. The van der Waals surface area contributed by atoms with Crippen molar-refractivity contribution in [2.45, 2.75) is 32.6 Å². The molecule has 0 aromatic heterocycles. The topological polar surface area (TPSA) is 306 Å². The van der Waals surface area contributed by atoms with Crippen molar-refractivity contribution in [1.29, 1.82) is 0 Å². The van der Waals surface area contributed by atoms with Gasteiger partial charge in [-0.15, -0.1) is 0 Å². The van der Waals surface area contributed by atoms with Crippen LogP contribution in [-0.4, -0.2) is 38.0 Å². The molecule has 0 rings (SSSR count). The average Bonchev–Trinajstić information content (AvgIpc) is 2.23. The number of rotatable bonds is 4. The summed E-state index contributed by atoms with van der Waals surface area (Å²) in [4.78, 5) is 9.87. The minimum absolute atomic E-state index is 0. The molecule has 0 aromatic rings. The summed E-state index contributed by atoms with van der Waals surface area (Å²) in [5, 5.41) is 20.1. The Hall–Kier alpha value is 1.65. The zero-order valence-corrected chi connectivity index (χ0v) is 19.6. The molecule has 0 aromatic carbocycles. The van der Waals surface area contributed by atoms with Crippen LogP contribution in [0, 0.1) is 0 Å². The average molecular weight is 800 g/mol. The molecular weight excluding hydrogens is 772 g/mol. The van der Waals surface area contributed by atoms with Crippen LogP contribution in [0.3, 0.4) is 0 Å². The standard InChI is InChI=1S/C6H12O2.4ClH.4H2N.H2O2.3H2O.2Pt/c1-2-3-4-5-6(7)8;;;;;;;;;1-2;;;;;/h2-5H2,1H3,(H,7,8);4*1H;4*1H2;1-2H;3*1H2;;/q;;;;;4*-1;;;;;2*+4/p-4. The third kappa shape index (κ3) is 251. The normalized spacial score (nSPS) is 5.35. The Bertz CT molecular complexity index is 131. The summed E-state index contributed by atoms with van der Waals surface area (Å²) in [7, 11) is 19.5. The number of hydrogen-bond acceptors (Lipinski definition) is 3. The predicted molar refractivity (Wildman–Crippen MR) is 92.4 cm³/mol. The van der Waals surface area contributed by atoms with E-state index in [1.54, 1.807) is 0 Å². The largest absolute Gasteiger partial charge is 0.693 e. The van der Waals surface area contributed by atoms with Crippen LogP contribution >= 0.6 is 37.7 Å². The fourth-order valence-corrected chi connectivity index (χ4v) is 0.526. The Morgan fingerprint density at radius 2 is 1.04 bits per heavy atom. The summed E-state index contributed by atoms with van der Waals surface area (Å²) < 4.78 is 0. The third-order valence-electron chi connectivity index (χ3n) is 0.994. The van der Waals surface area contributed by atoms with E-state index in [4.69, 9.17) is 53.3 Å². The first-order chi connectivity index (χ1) is 7.60. The third-order valence-corrected chi connectivity index (χ3v) is 0.994. The van der Waals surface area contributed by atoms with Gasteiger partial charge in [-0.05, 0) is 6.42 Å². The molecule has 0 aliphatic heterocycles. The number of carbonyl (C=O) groups is 1. The van der Waals surface area contributed by atoms with Gasteiger partial charge in [0.1, 0.15) is 0 Å². The van der Waals surface area contributed by atoms with E-state index in [0.717, 1.165) is 19.3 Å². The van der Waals surface area contributed by atoms with Crippen molar-refractivity contribution in [3.05, 3.63) is 24.6 Å². The Balaban J connectivity index is -0.00000000952. The SMILES string of the molecule is CCCCCC(=O)O.O.O.O.OO.[Cl][Pt+2][Cl].[Cl][Pt+2][Cl].[NH2-].[NH2-].[NH2-].[NH2-]. The second-order valence-corrected chi connectivity index (χ2v) is 8.51. The molecule has 0 heterocycles. The van der Waals surface area contributed by atoms with Gasteiger partial charge in [0.05, 0.1) is 0 Å². The molecule has 17 N–H and O–H groups in total. The smallest absolute Gasteiger partial charge is 0.693 e. The van der Waals surface area contributed by atoms with Gasteiger partial charge in [-0.1, -0.05) is 19.8 Å². The molecule has 0 bridgehead atoms. The summed E-state index contributed by atoms with van der Waals surface area (Å²) in [5.74, 6) is -0.682. The monoisotopic (exact) mass is 798 g/mol. The molecule has 0 unspecified atom stereocenters. The van der Waals surface area contributed by atoms with Gasteiger partial charge in [-0.3, -0.25) is 15.3 Å². The first kappa shape index (κ1) is 74.0. The molecule has 0 amide bonds. The van der Waals surface area contributed by atoms with E-state index in [2.05, 4.69) is 6.92 Å². The van der Waals surface area contributed by atoms with Gasteiger partial charge in [0.25, 0.3) is 0 Å². The Kier molecular flexibility index (Phi) is 344. The van der Waals surface area contributed by atoms with Crippen molar-refractivity contribution in [3.63, 3.8) is 0 Å². The molecule has 0 saturated heterocycles. The zero-order chi connectivity index (χ0) is 13.8. The summed E-state index contributed by atoms with van der Waals surface area (Å²) >= 11 is -0.944. The summed E-state index contributed by atoms with van der Waals surface area (Å²) in [6.45, 7) is 2.06. The van der Waals surface area contributed by atoms with E-state index in [1.807, 2.05) is 0 Å². The number of nitrogens with two attached hydrogens (primary N) is 4. The fraction of sp³-hybridized carbons (Fsp3) is 0.833. The van der Waals surface area contributed by atoms with Gasteiger partial charge >= 0.3 is 76.6 Å². The van der Waals surface area contributed by atoms with Crippen LogP contribution in [0.15, 0.2) is 0 Å². The van der Waals surface area contributed by atoms with Crippen molar-refractivity contribution in [2.24, 2.45) is 0 Å². The Morgan fingerprint density at radius 3 is 1.17 bits per heavy atom. The van der Waals surface area contributed by atoms with Gasteiger partial charge in [0.2, 0.25) is 0 Å². The maximum Gasteiger partial charge on any atom is -0.693 e. The van der Waals surface area contributed by atoms with Gasteiger partial charge in [0, 0.05) is 6.42 Å². The number of carboxylic acids is 1. The number of aliphatic carboxylic acids is 1.